The average Bonchev–Trinajstić information content (AvgIpc) is 3.16. The van der Waals surface area contributed by atoms with Gasteiger partial charge in [-0.15, -0.1) is 0 Å². The number of hydrogen-bond acceptors (Lipinski definition) is 3. The summed E-state index contributed by atoms with van der Waals surface area (Å²) in [4.78, 5) is 17.1. The maximum absolute atomic E-state index is 12.7. The molecule has 6 heteroatoms. The summed E-state index contributed by atoms with van der Waals surface area (Å²) in [6, 6.07) is 0.723. The number of hydrogen-bond donors (Lipinski definition) is 3. The van der Waals surface area contributed by atoms with E-state index >= 15 is 0 Å². The van der Waals surface area contributed by atoms with Gasteiger partial charge >= 0.3 is 6.03 Å². The van der Waals surface area contributed by atoms with Gasteiger partial charge in [0.25, 0.3) is 0 Å². The van der Waals surface area contributed by atoms with Gasteiger partial charge in [-0.25, -0.2) is 9.78 Å². The molecule has 2 fully saturated rings. The van der Waals surface area contributed by atoms with Gasteiger partial charge < -0.3 is 20.5 Å². The molecule has 1 spiro atoms. The smallest absolute Gasteiger partial charge is 0.315 e. The Kier molecular flexibility index (Phi) is 4.24. The molecule has 1 saturated carbocycles. The summed E-state index contributed by atoms with van der Waals surface area (Å²) >= 11 is 0. The van der Waals surface area contributed by atoms with Gasteiger partial charge in [0.1, 0.15) is 5.82 Å². The van der Waals surface area contributed by atoms with Gasteiger partial charge in [-0.2, -0.15) is 0 Å². The zero-order valence-corrected chi connectivity index (χ0v) is 14.6. The van der Waals surface area contributed by atoms with E-state index in [0.29, 0.717) is 17.5 Å². The normalized spacial score (nSPS) is 31.6. The van der Waals surface area contributed by atoms with Crippen LogP contribution < -0.4 is 16.0 Å². The molecule has 6 nitrogen and oxygen atoms in total. The minimum Gasteiger partial charge on any atom is -0.335 e. The topological polar surface area (TPSA) is 71.0 Å². The molecule has 2 amide bonds. The molecule has 3 heterocycles. The van der Waals surface area contributed by atoms with Crippen molar-refractivity contribution >= 4 is 6.03 Å². The van der Waals surface area contributed by atoms with Crippen LogP contribution in [0.5, 0.6) is 0 Å². The average molecular weight is 331 g/mol. The first kappa shape index (κ1) is 15.9. The molecule has 3 atom stereocenters. The van der Waals surface area contributed by atoms with Crippen molar-refractivity contribution < 1.29 is 4.79 Å². The number of nitrogens with zero attached hydrogens (tertiary/aromatic N) is 2. The van der Waals surface area contributed by atoms with Gasteiger partial charge in [-0.05, 0) is 57.5 Å². The fourth-order valence-electron chi connectivity index (χ4n) is 5.06. The fourth-order valence-corrected chi connectivity index (χ4v) is 5.06. The fraction of sp³-hybridized carbons (Fsp3) is 0.778. The van der Waals surface area contributed by atoms with Gasteiger partial charge in [0.15, 0.2) is 0 Å². The molecule has 1 aromatic heterocycles. The third kappa shape index (κ3) is 2.81. The molecule has 132 valence electrons. The third-order valence-electron chi connectivity index (χ3n) is 6.43. The van der Waals surface area contributed by atoms with Crippen molar-refractivity contribution in [1.82, 2.24) is 25.5 Å². The molecule has 0 aromatic carbocycles. The van der Waals surface area contributed by atoms with Crippen molar-refractivity contribution in [3.63, 3.8) is 0 Å². The number of amides is 2. The van der Waals surface area contributed by atoms with Crippen LogP contribution in [0.1, 0.15) is 69.8 Å². The largest absolute Gasteiger partial charge is 0.335 e. The molecular formula is C18H29N5O. The molecule has 1 saturated heterocycles. The van der Waals surface area contributed by atoms with Crippen LogP contribution >= 0.6 is 0 Å². The van der Waals surface area contributed by atoms with Crippen LogP contribution in [0.15, 0.2) is 12.4 Å². The third-order valence-corrected chi connectivity index (χ3v) is 6.43. The lowest BCUT2D eigenvalue weighted by atomic mass is 9.65. The molecule has 3 N–H and O–H groups in total. The number of imidazole rings is 1. The highest BCUT2D eigenvalue weighted by Gasteiger charge is 2.42. The summed E-state index contributed by atoms with van der Waals surface area (Å²) in [7, 11) is 0. The second kappa shape index (κ2) is 6.39. The van der Waals surface area contributed by atoms with Gasteiger partial charge in [-0.1, -0.05) is 12.8 Å². The van der Waals surface area contributed by atoms with E-state index in [2.05, 4.69) is 32.4 Å². The number of fused-ring (bicyclic) bond motifs is 1. The number of carbonyl (C=O) groups excluding carboxylic acids is 1. The molecular weight excluding hydrogens is 302 g/mol. The summed E-state index contributed by atoms with van der Waals surface area (Å²) in [5.74, 6) is 0.984. The minimum atomic E-state index is -0.0199. The number of nitrogens with one attached hydrogen (secondary N) is 3. The second-order valence-corrected chi connectivity index (χ2v) is 7.86. The SMILES string of the molecule is CC1CC(NC(=O)NC2CCCCC23CCNCC3)c2nccn21. The van der Waals surface area contributed by atoms with E-state index < -0.39 is 0 Å². The van der Waals surface area contributed by atoms with Crippen molar-refractivity contribution in [3.05, 3.63) is 18.2 Å². The standard InChI is InChI=1S/C18H29N5O/c1-13-12-14(16-20-10-11-23(13)16)21-17(24)22-15-4-2-3-5-18(15)6-8-19-9-7-18/h10-11,13-15,19H,2-9,12H2,1H3,(H2,21,22,24). The quantitative estimate of drug-likeness (QED) is 0.780. The number of rotatable bonds is 2. The Hall–Kier alpha value is -1.56. The Balaban J connectivity index is 1.40. The Morgan fingerprint density at radius 3 is 2.96 bits per heavy atom. The molecule has 3 aliphatic rings. The van der Waals surface area contributed by atoms with E-state index in [4.69, 9.17) is 0 Å². The molecule has 2 aliphatic heterocycles. The summed E-state index contributed by atoms with van der Waals surface area (Å²) in [6.07, 6.45) is 12.0. The first-order valence-corrected chi connectivity index (χ1v) is 9.48. The van der Waals surface area contributed by atoms with E-state index in [1.54, 1.807) is 0 Å². The van der Waals surface area contributed by atoms with Crippen molar-refractivity contribution in [2.24, 2.45) is 5.41 Å². The van der Waals surface area contributed by atoms with E-state index in [9.17, 15) is 4.79 Å². The molecule has 3 unspecified atom stereocenters. The highest BCUT2D eigenvalue weighted by Crippen LogP contribution is 2.43. The van der Waals surface area contributed by atoms with Crippen molar-refractivity contribution in [2.75, 3.05) is 13.1 Å². The summed E-state index contributed by atoms with van der Waals surface area (Å²) in [5, 5.41) is 9.96. The van der Waals surface area contributed by atoms with Gasteiger partial charge in [0, 0.05) is 24.5 Å². The summed E-state index contributed by atoms with van der Waals surface area (Å²) in [6.45, 7) is 4.34. The van der Waals surface area contributed by atoms with E-state index in [1.165, 1.54) is 32.1 Å². The Morgan fingerprint density at radius 1 is 1.29 bits per heavy atom. The molecule has 1 aliphatic carbocycles. The first-order valence-electron chi connectivity index (χ1n) is 9.48. The lowest BCUT2D eigenvalue weighted by Crippen LogP contribution is -2.55. The van der Waals surface area contributed by atoms with Crippen LogP contribution in [0, 0.1) is 5.41 Å². The number of aromatic nitrogens is 2. The van der Waals surface area contributed by atoms with Gasteiger partial charge in [0.05, 0.1) is 6.04 Å². The van der Waals surface area contributed by atoms with E-state index in [1.807, 2.05) is 12.4 Å². The van der Waals surface area contributed by atoms with Crippen molar-refractivity contribution in [1.29, 1.82) is 0 Å². The maximum Gasteiger partial charge on any atom is 0.315 e. The predicted molar refractivity (Wildman–Crippen MR) is 92.8 cm³/mol. The van der Waals surface area contributed by atoms with Crippen LogP contribution in [0.25, 0.3) is 0 Å². The van der Waals surface area contributed by atoms with Gasteiger partial charge in [-0.3, -0.25) is 0 Å². The Bertz CT molecular complexity index is 584. The van der Waals surface area contributed by atoms with Crippen LogP contribution in [0.4, 0.5) is 4.79 Å². The lowest BCUT2D eigenvalue weighted by molar-refractivity contribution is 0.0867. The number of urea groups is 1. The van der Waals surface area contributed by atoms with Crippen LogP contribution in [-0.4, -0.2) is 34.7 Å². The Morgan fingerprint density at radius 2 is 2.12 bits per heavy atom. The maximum atomic E-state index is 12.7. The zero-order valence-electron chi connectivity index (χ0n) is 14.6. The second-order valence-electron chi connectivity index (χ2n) is 7.86. The van der Waals surface area contributed by atoms with Crippen LogP contribution in [0.3, 0.4) is 0 Å². The molecule has 0 bridgehead atoms. The number of carbonyl (C=O) groups is 1. The monoisotopic (exact) mass is 331 g/mol. The highest BCUT2D eigenvalue weighted by atomic mass is 16.2. The van der Waals surface area contributed by atoms with E-state index in [-0.39, 0.29) is 12.1 Å². The predicted octanol–water partition coefficient (Wildman–Crippen LogP) is 2.50. The van der Waals surface area contributed by atoms with Crippen molar-refractivity contribution in [3.8, 4) is 0 Å². The van der Waals surface area contributed by atoms with Crippen LogP contribution in [-0.2, 0) is 0 Å². The zero-order chi connectivity index (χ0) is 16.6. The first-order chi connectivity index (χ1) is 11.7. The minimum absolute atomic E-state index is 0.0199. The summed E-state index contributed by atoms with van der Waals surface area (Å²) < 4.78 is 2.17. The lowest BCUT2D eigenvalue weighted by Gasteiger charge is -2.47. The highest BCUT2D eigenvalue weighted by molar-refractivity contribution is 5.75. The molecule has 0 radical (unpaired) electrons. The molecule has 24 heavy (non-hydrogen) atoms. The summed E-state index contributed by atoms with van der Waals surface area (Å²) in [5.41, 5.74) is 0.308. The molecule has 4 rings (SSSR count). The van der Waals surface area contributed by atoms with E-state index in [0.717, 1.165) is 31.8 Å². The Labute approximate surface area is 143 Å². The van der Waals surface area contributed by atoms with Crippen molar-refractivity contribution in [2.45, 2.75) is 70.0 Å². The van der Waals surface area contributed by atoms with Crippen LogP contribution in [0.2, 0.25) is 0 Å². The molecule has 1 aromatic rings. The van der Waals surface area contributed by atoms with Gasteiger partial charge in [0.2, 0.25) is 0 Å². The number of piperidine rings is 1.